The standard InChI is InChI=1S/C12H27N3O/c1-6-15(7-2)8-10(5)14-12(16)11(13)9(3)4/h9-11H,6-8,13H2,1-5H3,(H,14,16). The lowest BCUT2D eigenvalue weighted by Crippen LogP contribution is -2.50. The summed E-state index contributed by atoms with van der Waals surface area (Å²) in [7, 11) is 0. The summed E-state index contributed by atoms with van der Waals surface area (Å²) in [4.78, 5) is 14.0. The Labute approximate surface area is 99.6 Å². The average Bonchev–Trinajstić information content (AvgIpc) is 2.24. The van der Waals surface area contributed by atoms with Crippen LogP contribution < -0.4 is 11.1 Å². The SMILES string of the molecule is CCN(CC)CC(C)NC(=O)C(N)C(C)C. The van der Waals surface area contributed by atoms with Gasteiger partial charge in [0.1, 0.15) is 0 Å². The molecule has 0 saturated carbocycles. The summed E-state index contributed by atoms with van der Waals surface area (Å²) >= 11 is 0. The quantitative estimate of drug-likeness (QED) is 0.679. The van der Waals surface area contributed by atoms with Crippen LogP contribution in [-0.2, 0) is 4.79 Å². The molecule has 4 nitrogen and oxygen atoms in total. The molecular weight excluding hydrogens is 202 g/mol. The van der Waals surface area contributed by atoms with Crippen LogP contribution in [0.5, 0.6) is 0 Å². The molecule has 0 radical (unpaired) electrons. The van der Waals surface area contributed by atoms with E-state index in [1.54, 1.807) is 0 Å². The molecule has 0 aliphatic carbocycles. The summed E-state index contributed by atoms with van der Waals surface area (Å²) in [5.41, 5.74) is 5.78. The van der Waals surface area contributed by atoms with Crippen molar-refractivity contribution in [1.29, 1.82) is 0 Å². The van der Waals surface area contributed by atoms with Gasteiger partial charge in [0.15, 0.2) is 0 Å². The van der Waals surface area contributed by atoms with Gasteiger partial charge in [0.2, 0.25) is 5.91 Å². The molecule has 0 bridgehead atoms. The number of amides is 1. The molecule has 3 N–H and O–H groups in total. The minimum absolute atomic E-state index is 0.0466. The van der Waals surface area contributed by atoms with Gasteiger partial charge in [-0.05, 0) is 25.9 Å². The summed E-state index contributed by atoms with van der Waals surface area (Å²) in [6, 6.07) is -0.253. The number of nitrogens with two attached hydrogens (primary N) is 1. The van der Waals surface area contributed by atoms with Gasteiger partial charge in [0, 0.05) is 12.6 Å². The van der Waals surface area contributed by atoms with Gasteiger partial charge in [-0.2, -0.15) is 0 Å². The molecule has 0 fully saturated rings. The molecule has 16 heavy (non-hydrogen) atoms. The monoisotopic (exact) mass is 229 g/mol. The van der Waals surface area contributed by atoms with Crippen molar-refractivity contribution in [2.75, 3.05) is 19.6 Å². The second kappa shape index (κ2) is 7.63. The zero-order valence-corrected chi connectivity index (χ0v) is 11.3. The molecule has 0 aromatic carbocycles. The topological polar surface area (TPSA) is 58.4 Å². The molecule has 0 spiro atoms. The predicted octanol–water partition coefficient (Wildman–Crippen LogP) is 0.816. The van der Waals surface area contributed by atoms with Gasteiger partial charge in [0.25, 0.3) is 0 Å². The van der Waals surface area contributed by atoms with E-state index in [-0.39, 0.29) is 17.9 Å². The van der Waals surface area contributed by atoms with Crippen LogP contribution in [-0.4, -0.2) is 42.5 Å². The van der Waals surface area contributed by atoms with Gasteiger partial charge in [-0.15, -0.1) is 0 Å². The highest BCUT2D eigenvalue weighted by Crippen LogP contribution is 1.99. The molecule has 1 amide bonds. The van der Waals surface area contributed by atoms with Crippen LogP contribution in [0, 0.1) is 5.92 Å². The summed E-state index contributed by atoms with van der Waals surface area (Å²) in [5, 5.41) is 2.95. The van der Waals surface area contributed by atoms with Crippen LogP contribution in [0.3, 0.4) is 0 Å². The summed E-state index contributed by atoms with van der Waals surface area (Å²) < 4.78 is 0. The number of rotatable bonds is 7. The lowest BCUT2D eigenvalue weighted by molar-refractivity contribution is -0.123. The first-order chi connectivity index (χ1) is 7.42. The Hall–Kier alpha value is -0.610. The number of hydrogen-bond acceptors (Lipinski definition) is 3. The Bertz CT molecular complexity index is 202. The van der Waals surface area contributed by atoms with Gasteiger partial charge >= 0.3 is 0 Å². The largest absolute Gasteiger partial charge is 0.351 e. The lowest BCUT2D eigenvalue weighted by Gasteiger charge is -2.25. The van der Waals surface area contributed by atoms with Gasteiger partial charge < -0.3 is 16.0 Å². The number of likely N-dealkylation sites (N-methyl/N-ethyl adjacent to an activating group) is 1. The van der Waals surface area contributed by atoms with Gasteiger partial charge in [-0.1, -0.05) is 27.7 Å². The van der Waals surface area contributed by atoms with Crippen molar-refractivity contribution in [3.8, 4) is 0 Å². The summed E-state index contributed by atoms with van der Waals surface area (Å²) in [5.74, 6) is 0.135. The normalized spacial score (nSPS) is 15.2. The minimum atomic E-state index is -0.404. The van der Waals surface area contributed by atoms with Crippen LogP contribution in [0.1, 0.15) is 34.6 Å². The maximum atomic E-state index is 11.7. The Kier molecular flexibility index (Phi) is 7.34. The second-order valence-corrected chi connectivity index (χ2v) is 4.67. The highest BCUT2D eigenvalue weighted by atomic mass is 16.2. The maximum Gasteiger partial charge on any atom is 0.237 e. The van der Waals surface area contributed by atoms with Crippen LogP contribution in [0.4, 0.5) is 0 Å². The van der Waals surface area contributed by atoms with Gasteiger partial charge in [-0.3, -0.25) is 4.79 Å². The average molecular weight is 229 g/mol. The van der Waals surface area contributed by atoms with Crippen LogP contribution in [0.25, 0.3) is 0 Å². The molecular formula is C12H27N3O. The highest BCUT2D eigenvalue weighted by molar-refractivity contribution is 5.81. The van der Waals surface area contributed by atoms with Crippen molar-refractivity contribution in [3.63, 3.8) is 0 Å². The van der Waals surface area contributed by atoms with Crippen LogP contribution >= 0.6 is 0 Å². The first-order valence-electron chi connectivity index (χ1n) is 6.20. The van der Waals surface area contributed by atoms with E-state index >= 15 is 0 Å². The van der Waals surface area contributed by atoms with E-state index in [2.05, 4.69) is 24.1 Å². The van der Waals surface area contributed by atoms with E-state index in [1.165, 1.54) is 0 Å². The zero-order valence-electron chi connectivity index (χ0n) is 11.3. The first-order valence-corrected chi connectivity index (χ1v) is 6.20. The number of carbonyl (C=O) groups is 1. The third-order valence-corrected chi connectivity index (χ3v) is 2.84. The van der Waals surface area contributed by atoms with Crippen molar-refractivity contribution in [1.82, 2.24) is 10.2 Å². The lowest BCUT2D eigenvalue weighted by atomic mass is 10.0. The minimum Gasteiger partial charge on any atom is -0.351 e. The predicted molar refractivity (Wildman–Crippen MR) is 68.2 cm³/mol. The van der Waals surface area contributed by atoms with Crippen molar-refractivity contribution in [2.24, 2.45) is 11.7 Å². The fourth-order valence-corrected chi connectivity index (χ4v) is 1.56. The van der Waals surface area contributed by atoms with E-state index in [4.69, 9.17) is 5.73 Å². The molecule has 0 aromatic rings. The van der Waals surface area contributed by atoms with Crippen LogP contribution in [0.15, 0.2) is 0 Å². The van der Waals surface area contributed by atoms with Gasteiger partial charge in [-0.25, -0.2) is 0 Å². The van der Waals surface area contributed by atoms with Crippen LogP contribution in [0.2, 0.25) is 0 Å². The van der Waals surface area contributed by atoms with Crippen molar-refractivity contribution >= 4 is 5.91 Å². The molecule has 0 aliphatic heterocycles. The number of hydrogen-bond donors (Lipinski definition) is 2. The molecule has 2 atom stereocenters. The molecule has 0 rings (SSSR count). The molecule has 2 unspecified atom stereocenters. The number of nitrogens with zero attached hydrogens (tertiary/aromatic N) is 1. The fourth-order valence-electron chi connectivity index (χ4n) is 1.56. The fraction of sp³-hybridized carbons (Fsp3) is 0.917. The smallest absolute Gasteiger partial charge is 0.237 e. The molecule has 0 aromatic heterocycles. The zero-order chi connectivity index (χ0) is 12.7. The maximum absolute atomic E-state index is 11.7. The summed E-state index contributed by atoms with van der Waals surface area (Å²) in [6.07, 6.45) is 0. The molecule has 0 saturated heterocycles. The second-order valence-electron chi connectivity index (χ2n) is 4.67. The Morgan fingerprint density at radius 3 is 2.12 bits per heavy atom. The summed E-state index contributed by atoms with van der Waals surface area (Å²) in [6.45, 7) is 13.1. The molecule has 0 heterocycles. The Morgan fingerprint density at radius 1 is 1.25 bits per heavy atom. The third-order valence-electron chi connectivity index (χ3n) is 2.84. The van der Waals surface area contributed by atoms with E-state index in [0.717, 1.165) is 19.6 Å². The molecule has 4 heteroatoms. The van der Waals surface area contributed by atoms with E-state index in [9.17, 15) is 4.79 Å². The van der Waals surface area contributed by atoms with E-state index < -0.39 is 6.04 Å². The molecule has 0 aliphatic rings. The number of nitrogens with one attached hydrogen (secondary N) is 1. The molecule has 96 valence electrons. The Balaban J connectivity index is 4.04. The van der Waals surface area contributed by atoms with E-state index in [0.29, 0.717) is 0 Å². The Morgan fingerprint density at radius 2 is 1.75 bits per heavy atom. The van der Waals surface area contributed by atoms with Crippen molar-refractivity contribution in [3.05, 3.63) is 0 Å². The van der Waals surface area contributed by atoms with Crippen molar-refractivity contribution < 1.29 is 4.79 Å². The van der Waals surface area contributed by atoms with Crippen molar-refractivity contribution in [2.45, 2.75) is 46.7 Å². The third kappa shape index (κ3) is 5.47. The first kappa shape index (κ1) is 15.4. The van der Waals surface area contributed by atoms with E-state index in [1.807, 2.05) is 20.8 Å². The highest BCUT2D eigenvalue weighted by Gasteiger charge is 2.19. The number of carbonyl (C=O) groups excluding carboxylic acids is 1. The van der Waals surface area contributed by atoms with Gasteiger partial charge in [0.05, 0.1) is 6.04 Å².